The van der Waals surface area contributed by atoms with Crippen LogP contribution >= 0.6 is 0 Å². The van der Waals surface area contributed by atoms with Gasteiger partial charge < -0.3 is 5.32 Å². The standard InChI is InChI=1S/C17H23N3/c1-12-6-8-14(9-7-12)17-13(2)16(19-20(17)3)15-5-4-10-18-11-15/h6-9,15,18H,4-5,10-11H2,1-3H3. The van der Waals surface area contributed by atoms with Crippen molar-refractivity contribution >= 4 is 0 Å². The first-order valence-electron chi connectivity index (χ1n) is 7.48. The van der Waals surface area contributed by atoms with Gasteiger partial charge in [0, 0.05) is 25.1 Å². The molecule has 1 aliphatic rings. The number of piperidine rings is 1. The molecule has 0 radical (unpaired) electrons. The van der Waals surface area contributed by atoms with Gasteiger partial charge in [-0.3, -0.25) is 4.68 Å². The lowest BCUT2D eigenvalue weighted by atomic mass is 9.92. The fraction of sp³-hybridized carbons (Fsp3) is 0.471. The van der Waals surface area contributed by atoms with Gasteiger partial charge in [0.15, 0.2) is 0 Å². The third-order valence-electron chi connectivity index (χ3n) is 4.33. The second kappa shape index (κ2) is 5.41. The molecular formula is C17H23N3. The molecule has 1 unspecified atom stereocenters. The fourth-order valence-corrected chi connectivity index (χ4v) is 3.24. The maximum atomic E-state index is 4.81. The number of aryl methyl sites for hydroxylation is 2. The molecule has 106 valence electrons. The SMILES string of the molecule is Cc1ccc(-c2c(C)c(C3CCCNC3)nn2C)cc1. The Kier molecular flexibility index (Phi) is 3.62. The first kappa shape index (κ1) is 13.4. The van der Waals surface area contributed by atoms with E-state index in [2.05, 4.69) is 50.5 Å². The van der Waals surface area contributed by atoms with E-state index in [0.29, 0.717) is 5.92 Å². The largest absolute Gasteiger partial charge is 0.316 e. The van der Waals surface area contributed by atoms with E-state index in [9.17, 15) is 0 Å². The van der Waals surface area contributed by atoms with Crippen molar-refractivity contribution in [3.05, 3.63) is 41.1 Å². The minimum atomic E-state index is 0.564. The summed E-state index contributed by atoms with van der Waals surface area (Å²) in [5.74, 6) is 0.564. The van der Waals surface area contributed by atoms with Gasteiger partial charge >= 0.3 is 0 Å². The molecule has 0 amide bonds. The fourth-order valence-electron chi connectivity index (χ4n) is 3.24. The number of benzene rings is 1. The number of hydrogen-bond donors (Lipinski definition) is 1. The summed E-state index contributed by atoms with van der Waals surface area (Å²) in [5, 5.41) is 8.30. The maximum Gasteiger partial charge on any atom is 0.0711 e. The quantitative estimate of drug-likeness (QED) is 0.907. The molecule has 2 heterocycles. The number of nitrogens with one attached hydrogen (secondary N) is 1. The molecule has 20 heavy (non-hydrogen) atoms. The van der Waals surface area contributed by atoms with Gasteiger partial charge in [-0.1, -0.05) is 29.8 Å². The Bertz CT molecular complexity index is 589. The van der Waals surface area contributed by atoms with E-state index in [1.807, 2.05) is 4.68 Å². The van der Waals surface area contributed by atoms with Crippen LogP contribution in [0.2, 0.25) is 0 Å². The van der Waals surface area contributed by atoms with Gasteiger partial charge in [0.1, 0.15) is 0 Å². The van der Waals surface area contributed by atoms with Crippen LogP contribution in [0.25, 0.3) is 11.3 Å². The normalized spacial score (nSPS) is 19.2. The van der Waals surface area contributed by atoms with Crippen LogP contribution in [0.1, 0.15) is 35.6 Å². The van der Waals surface area contributed by atoms with Crippen LogP contribution < -0.4 is 5.32 Å². The molecule has 0 spiro atoms. The lowest BCUT2D eigenvalue weighted by Gasteiger charge is -2.21. The minimum absolute atomic E-state index is 0.564. The zero-order valence-electron chi connectivity index (χ0n) is 12.6. The smallest absolute Gasteiger partial charge is 0.0711 e. The highest BCUT2D eigenvalue weighted by molar-refractivity contribution is 5.65. The van der Waals surface area contributed by atoms with Gasteiger partial charge in [-0.2, -0.15) is 5.10 Å². The molecule has 1 atom stereocenters. The molecule has 1 aromatic carbocycles. The van der Waals surface area contributed by atoms with Gasteiger partial charge in [-0.25, -0.2) is 0 Å². The molecular weight excluding hydrogens is 246 g/mol. The molecule has 2 aromatic rings. The first-order chi connectivity index (χ1) is 9.66. The lowest BCUT2D eigenvalue weighted by Crippen LogP contribution is -2.28. The molecule has 1 aliphatic heterocycles. The molecule has 1 saturated heterocycles. The van der Waals surface area contributed by atoms with E-state index in [4.69, 9.17) is 5.10 Å². The summed E-state index contributed by atoms with van der Waals surface area (Å²) in [4.78, 5) is 0. The Labute approximate surface area is 121 Å². The average Bonchev–Trinajstić information content (AvgIpc) is 2.76. The summed E-state index contributed by atoms with van der Waals surface area (Å²) < 4.78 is 2.05. The topological polar surface area (TPSA) is 29.9 Å². The monoisotopic (exact) mass is 269 g/mol. The van der Waals surface area contributed by atoms with E-state index < -0.39 is 0 Å². The Morgan fingerprint density at radius 3 is 2.60 bits per heavy atom. The lowest BCUT2D eigenvalue weighted by molar-refractivity contribution is 0.450. The van der Waals surface area contributed by atoms with Gasteiger partial charge in [0.2, 0.25) is 0 Å². The van der Waals surface area contributed by atoms with Crippen LogP contribution in [-0.2, 0) is 7.05 Å². The number of nitrogens with zero attached hydrogens (tertiary/aromatic N) is 2. The maximum absolute atomic E-state index is 4.81. The molecule has 1 fully saturated rings. The molecule has 3 nitrogen and oxygen atoms in total. The van der Waals surface area contributed by atoms with Crippen LogP contribution in [0.3, 0.4) is 0 Å². The van der Waals surface area contributed by atoms with Crippen molar-refractivity contribution in [3.63, 3.8) is 0 Å². The van der Waals surface area contributed by atoms with Crippen LogP contribution in [0, 0.1) is 13.8 Å². The predicted molar refractivity (Wildman–Crippen MR) is 83.0 cm³/mol. The predicted octanol–water partition coefficient (Wildman–Crippen LogP) is 3.17. The molecule has 1 aromatic heterocycles. The van der Waals surface area contributed by atoms with Crippen LogP contribution in [0.15, 0.2) is 24.3 Å². The molecule has 0 saturated carbocycles. The second-order valence-electron chi connectivity index (χ2n) is 5.89. The highest BCUT2D eigenvalue weighted by Crippen LogP contribution is 2.31. The molecule has 1 N–H and O–H groups in total. The number of aromatic nitrogens is 2. The van der Waals surface area contributed by atoms with E-state index in [-0.39, 0.29) is 0 Å². The van der Waals surface area contributed by atoms with Crippen molar-refractivity contribution in [2.45, 2.75) is 32.6 Å². The summed E-state index contributed by atoms with van der Waals surface area (Å²) >= 11 is 0. The van der Waals surface area contributed by atoms with Gasteiger partial charge in [-0.15, -0.1) is 0 Å². The summed E-state index contributed by atoms with van der Waals surface area (Å²) in [6.07, 6.45) is 2.50. The highest BCUT2D eigenvalue weighted by Gasteiger charge is 2.23. The third kappa shape index (κ3) is 2.38. The van der Waals surface area contributed by atoms with Crippen molar-refractivity contribution in [1.82, 2.24) is 15.1 Å². The first-order valence-corrected chi connectivity index (χ1v) is 7.48. The summed E-state index contributed by atoms with van der Waals surface area (Å²) in [6.45, 7) is 6.55. The van der Waals surface area contributed by atoms with Crippen LogP contribution in [0.4, 0.5) is 0 Å². The Balaban J connectivity index is 1.99. The van der Waals surface area contributed by atoms with Gasteiger partial charge in [0.25, 0.3) is 0 Å². The highest BCUT2D eigenvalue weighted by atomic mass is 15.3. The third-order valence-corrected chi connectivity index (χ3v) is 4.33. The zero-order chi connectivity index (χ0) is 14.1. The van der Waals surface area contributed by atoms with Crippen molar-refractivity contribution in [1.29, 1.82) is 0 Å². The van der Waals surface area contributed by atoms with Gasteiger partial charge in [-0.05, 0) is 38.8 Å². The zero-order valence-corrected chi connectivity index (χ0v) is 12.6. The van der Waals surface area contributed by atoms with Crippen LogP contribution in [0.5, 0.6) is 0 Å². The number of hydrogen-bond acceptors (Lipinski definition) is 2. The van der Waals surface area contributed by atoms with Crippen molar-refractivity contribution < 1.29 is 0 Å². The average molecular weight is 269 g/mol. The number of rotatable bonds is 2. The summed E-state index contributed by atoms with van der Waals surface area (Å²) in [7, 11) is 2.06. The van der Waals surface area contributed by atoms with Crippen molar-refractivity contribution in [2.24, 2.45) is 7.05 Å². The van der Waals surface area contributed by atoms with Crippen LogP contribution in [-0.4, -0.2) is 22.9 Å². The minimum Gasteiger partial charge on any atom is -0.316 e. The van der Waals surface area contributed by atoms with E-state index >= 15 is 0 Å². The van der Waals surface area contributed by atoms with Crippen molar-refractivity contribution in [3.8, 4) is 11.3 Å². The van der Waals surface area contributed by atoms with Crippen molar-refractivity contribution in [2.75, 3.05) is 13.1 Å². The summed E-state index contributed by atoms with van der Waals surface area (Å²) in [6, 6.07) is 8.73. The van der Waals surface area contributed by atoms with Gasteiger partial charge in [0.05, 0.1) is 11.4 Å². The second-order valence-corrected chi connectivity index (χ2v) is 5.89. The molecule has 3 heteroatoms. The summed E-state index contributed by atoms with van der Waals surface area (Å²) in [5.41, 5.74) is 6.43. The Morgan fingerprint density at radius 1 is 1.20 bits per heavy atom. The van der Waals surface area contributed by atoms with E-state index in [1.54, 1.807) is 0 Å². The molecule has 3 rings (SSSR count). The van der Waals surface area contributed by atoms with E-state index in [0.717, 1.165) is 13.1 Å². The van der Waals surface area contributed by atoms with E-state index in [1.165, 1.54) is 40.9 Å². The molecule has 0 bridgehead atoms. The Morgan fingerprint density at radius 2 is 1.95 bits per heavy atom. The Hall–Kier alpha value is -1.61. The molecule has 0 aliphatic carbocycles.